The van der Waals surface area contributed by atoms with Gasteiger partial charge >= 0.3 is 0 Å². The van der Waals surface area contributed by atoms with Crippen LogP contribution in [0.3, 0.4) is 0 Å². The van der Waals surface area contributed by atoms with Gasteiger partial charge in [0.15, 0.2) is 0 Å². The van der Waals surface area contributed by atoms with Crippen LogP contribution in [0.4, 0.5) is 0 Å². The van der Waals surface area contributed by atoms with Crippen LogP contribution >= 0.6 is 11.6 Å². The maximum atomic E-state index is 12.1. The first-order chi connectivity index (χ1) is 9.06. The lowest BCUT2D eigenvalue weighted by Gasteiger charge is -2.09. The summed E-state index contributed by atoms with van der Waals surface area (Å²) in [4.78, 5) is 19.8. The third kappa shape index (κ3) is 3.51. The first kappa shape index (κ1) is 13.5. The fourth-order valence-corrected chi connectivity index (χ4v) is 1.71. The van der Waals surface area contributed by atoms with E-state index >= 15 is 0 Å². The van der Waals surface area contributed by atoms with Crippen molar-refractivity contribution in [3.8, 4) is 5.75 Å². The van der Waals surface area contributed by atoms with Gasteiger partial charge in [0.05, 0.1) is 6.10 Å². The highest BCUT2D eigenvalue weighted by molar-refractivity contribution is 6.28. The lowest BCUT2D eigenvalue weighted by atomic mass is 10.1. The largest absolute Gasteiger partial charge is 0.491 e. The average Bonchev–Trinajstić information content (AvgIpc) is 2.38. The Kier molecular flexibility index (Phi) is 4.12. The van der Waals surface area contributed by atoms with Crippen molar-refractivity contribution < 1.29 is 9.53 Å². The minimum Gasteiger partial charge on any atom is -0.491 e. The molecule has 0 saturated heterocycles. The number of hydrogen-bond acceptors (Lipinski definition) is 4. The Morgan fingerprint density at radius 2 is 1.89 bits per heavy atom. The molecule has 2 rings (SSSR count). The Labute approximate surface area is 116 Å². The van der Waals surface area contributed by atoms with E-state index in [-0.39, 0.29) is 22.9 Å². The Balaban J connectivity index is 2.20. The summed E-state index contributed by atoms with van der Waals surface area (Å²) in [6.07, 6.45) is 1.56. The Hall–Kier alpha value is -1.94. The van der Waals surface area contributed by atoms with Gasteiger partial charge in [-0.1, -0.05) is 0 Å². The van der Waals surface area contributed by atoms with Gasteiger partial charge in [0.1, 0.15) is 11.4 Å². The zero-order valence-corrected chi connectivity index (χ0v) is 11.4. The summed E-state index contributed by atoms with van der Waals surface area (Å²) < 4.78 is 5.52. The second-order valence-electron chi connectivity index (χ2n) is 4.23. The molecule has 0 fully saturated rings. The molecule has 1 heterocycles. The van der Waals surface area contributed by atoms with Gasteiger partial charge in [0.2, 0.25) is 11.1 Å². The third-order valence-electron chi connectivity index (χ3n) is 2.35. The first-order valence-corrected chi connectivity index (χ1v) is 6.24. The fraction of sp³-hybridized carbons (Fsp3) is 0.214. The highest BCUT2D eigenvalue weighted by Crippen LogP contribution is 2.16. The third-order valence-corrected chi connectivity index (χ3v) is 2.53. The van der Waals surface area contributed by atoms with Crippen molar-refractivity contribution in [3.63, 3.8) is 0 Å². The smallest absolute Gasteiger partial charge is 0.222 e. The molecule has 4 nitrogen and oxygen atoms in total. The van der Waals surface area contributed by atoms with E-state index in [1.54, 1.807) is 24.3 Å². The number of ketones is 1. The summed E-state index contributed by atoms with van der Waals surface area (Å²) in [5.41, 5.74) is 0.809. The van der Waals surface area contributed by atoms with E-state index in [0.717, 1.165) is 5.75 Å². The van der Waals surface area contributed by atoms with E-state index in [2.05, 4.69) is 9.97 Å². The van der Waals surface area contributed by atoms with Crippen LogP contribution in [-0.4, -0.2) is 21.9 Å². The normalized spacial score (nSPS) is 10.5. The van der Waals surface area contributed by atoms with Gasteiger partial charge in [0.25, 0.3) is 0 Å². The molecule has 2 aromatic rings. The number of rotatable bonds is 4. The number of benzene rings is 1. The van der Waals surface area contributed by atoms with Crippen molar-refractivity contribution in [2.45, 2.75) is 20.0 Å². The van der Waals surface area contributed by atoms with E-state index in [0.29, 0.717) is 5.56 Å². The van der Waals surface area contributed by atoms with E-state index in [1.807, 2.05) is 13.8 Å². The van der Waals surface area contributed by atoms with Gasteiger partial charge in [-0.2, -0.15) is 0 Å². The minimum absolute atomic E-state index is 0.0608. The fourth-order valence-electron chi connectivity index (χ4n) is 1.57. The van der Waals surface area contributed by atoms with Crippen LogP contribution in [0.1, 0.15) is 29.9 Å². The minimum atomic E-state index is -0.194. The van der Waals surface area contributed by atoms with Crippen LogP contribution in [0.15, 0.2) is 36.5 Å². The molecule has 0 atom stereocenters. The van der Waals surface area contributed by atoms with Crippen LogP contribution in [0.25, 0.3) is 0 Å². The molecule has 0 radical (unpaired) electrons. The highest BCUT2D eigenvalue weighted by atomic mass is 35.5. The zero-order chi connectivity index (χ0) is 13.8. The Morgan fingerprint density at radius 1 is 1.21 bits per heavy atom. The van der Waals surface area contributed by atoms with Gasteiger partial charge < -0.3 is 4.74 Å². The summed E-state index contributed by atoms with van der Waals surface area (Å²) in [6.45, 7) is 3.89. The van der Waals surface area contributed by atoms with Gasteiger partial charge in [-0.3, -0.25) is 4.79 Å². The molecular weight excluding hydrogens is 264 g/mol. The molecule has 0 aliphatic rings. The van der Waals surface area contributed by atoms with Crippen molar-refractivity contribution in [1.82, 2.24) is 9.97 Å². The number of carbonyl (C=O) groups is 1. The van der Waals surface area contributed by atoms with Crippen molar-refractivity contribution in [2.75, 3.05) is 0 Å². The number of hydrogen-bond donors (Lipinski definition) is 0. The number of aromatic nitrogens is 2. The van der Waals surface area contributed by atoms with E-state index < -0.39 is 0 Å². The number of carbonyl (C=O) groups excluding carboxylic acids is 1. The Morgan fingerprint density at radius 3 is 2.47 bits per heavy atom. The second-order valence-corrected chi connectivity index (χ2v) is 4.57. The molecule has 5 heteroatoms. The molecule has 0 aliphatic heterocycles. The quantitative estimate of drug-likeness (QED) is 0.636. The number of nitrogens with zero attached hydrogens (tertiary/aromatic N) is 2. The van der Waals surface area contributed by atoms with Crippen molar-refractivity contribution >= 4 is 17.4 Å². The molecule has 0 unspecified atom stereocenters. The predicted molar refractivity (Wildman–Crippen MR) is 72.7 cm³/mol. The standard InChI is InChI=1S/C14H13ClN2O2/c1-9(2)19-11-5-3-10(4-6-11)13(18)12-7-8-16-14(15)17-12/h3-9H,1-2H3. The number of halogens is 1. The molecule has 98 valence electrons. The zero-order valence-electron chi connectivity index (χ0n) is 10.6. The molecule has 0 spiro atoms. The molecule has 1 aromatic heterocycles. The Bertz CT molecular complexity index is 582. The summed E-state index contributed by atoms with van der Waals surface area (Å²) in [6, 6.07) is 8.46. The van der Waals surface area contributed by atoms with Crippen molar-refractivity contribution in [1.29, 1.82) is 0 Å². The SMILES string of the molecule is CC(C)Oc1ccc(C(=O)c2ccnc(Cl)n2)cc1. The summed E-state index contributed by atoms with van der Waals surface area (Å²) >= 11 is 5.66. The molecule has 0 saturated carbocycles. The van der Waals surface area contributed by atoms with E-state index in [1.165, 1.54) is 12.3 Å². The lowest BCUT2D eigenvalue weighted by Crippen LogP contribution is -2.07. The first-order valence-electron chi connectivity index (χ1n) is 5.86. The molecule has 0 aliphatic carbocycles. The van der Waals surface area contributed by atoms with E-state index in [9.17, 15) is 4.79 Å². The molecule has 0 amide bonds. The maximum absolute atomic E-state index is 12.1. The molecular formula is C14H13ClN2O2. The van der Waals surface area contributed by atoms with Crippen LogP contribution in [0, 0.1) is 0 Å². The van der Waals surface area contributed by atoms with Crippen LogP contribution < -0.4 is 4.74 Å². The highest BCUT2D eigenvalue weighted by Gasteiger charge is 2.11. The second kappa shape index (κ2) is 5.80. The molecule has 0 bridgehead atoms. The monoisotopic (exact) mass is 276 g/mol. The predicted octanol–water partition coefficient (Wildman–Crippen LogP) is 3.15. The average molecular weight is 277 g/mol. The maximum Gasteiger partial charge on any atom is 0.222 e. The van der Waals surface area contributed by atoms with Gasteiger partial charge in [-0.05, 0) is 55.8 Å². The number of ether oxygens (including phenoxy) is 1. The molecule has 19 heavy (non-hydrogen) atoms. The van der Waals surface area contributed by atoms with Gasteiger partial charge in [-0.15, -0.1) is 0 Å². The molecule has 0 N–H and O–H groups in total. The van der Waals surface area contributed by atoms with Crippen molar-refractivity contribution in [2.24, 2.45) is 0 Å². The lowest BCUT2D eigenvalue weighted by molar-refractivity contribution is 0.103. The summed E-state index contributed by atoms with van der Waals surface area (Å²) in [7, 11) is 0. The van der Waals surface area contributed by atoms with Crippen LogP contribution in [0.2, 0.25) is 5.28 Å². The van der Waals surface area contributed by atoms with Crippen LogP contribution in [0.5, 0.6) is 5.75 Å². The van der Waals surface area contributed by atoms with Gasteiger partial charge in [-0.25, -0.2) is 9.97 Å². The van der Waals surface area contributed by atoms with Crippen LogP contribution in [-0.2, 0) is 0 Å². The summed E-state index contributed by atoms with van der Waals surface area (Å²) in [5, 5.41) is 0.0608. The summed E-state index contributed by atoms with van der Waals surface area (Å²) in [5.74, 6) is 0.535. The van der Waals surface area contributed by atoms with Gasteiger partial charge in [0, 0.05) is 11.8 Å². The topological polar surface area (TPSA) is 52.1 Å². The van der Waals surface area contributed by atoms with Crippen molar-refractivity contribution in [3.05, 3.63) is 53.1 Å². The molecule has 1 aromatic carbocycles. The van der Waals surface area contributed by atoms with E-state index in [4.69, 9.17) is 16.3 Å².